The van der Waals surface area contributed by atoms with Gasteiger partial charge in [-0.05, 0) is 47.7 Å². The average Bonchev–Trinajstić information content (AvgIpc) is 2.45. The third-order valence-corrected chi connectivity index (χ3v) is 3.72. The molecule has 106 valence electrons. The predicted octanol–water partition coefficient (Wildman–Crippen LogP) is 3.88. The summed E-state index contributed by atoms with van der Waals surface area (Å²) in [6.45, 7) is 6.74. The van der Waals surface area contributed by atoms with Crippen LogP contribution in [0.4, 0.5) is 0 Å². The SMILES string of the molecule is CNC(Cc1ccc(C(C)(C)C)cc1)c1ccncc1. The number of pyridine rings is 1. The Morgan fingerprint density at radius 2 is 1.60 bits per heavy atom. The summed E-state index contributed by atoms with van der Waals surface area (Å²) in [6.07, 6.45) is 4.69. The topological polar surface area (TPSA) is 24.9 Å². The summed E-state index contributed by atoms with van der Waals surface area (Å²) in [5.74, 6) is 0. The lowest BCUT2D eigenvalue weighted by molar-refractivity contribution is 0.583. The zero-order valence-electron chi connectivity index (χ0n) is 12.9. The van der Waals surface area contributed by atoms with Crippen molar-refractivity contribution in [3.05, 3.63) is 65.5 Å². The molecule has 1 aromatic carbocycles. The molecule has 20 heavy (non-hydrogen) atoms. The standard InChI is InChI=1S/C18H24N2/c1-18(2,3)16-7-5-14(6-8-16)13-17(19-4)15-9-11-20-12-10-15/h5-12,17,19H,13H2,1-4H3. The van der Waals surface area contributed by atoms with Gasteiger partial charge in [0.15, 0.2) is 0 Å². The molecule has 0 aliphatic heterocycles. The number of rotatable bonds is 4. The number of nitrogens with one attached hydrogen (secondary N) is 1. The van der Waals surface area contributed by atoms with Gasteiger partial charge in [0.25, 0.3) is 0 Å². The van der Waals surface area contributed by atoms with Gasteiger partial charge in [0.05, 0.1) is 0 Å². The molecule has 2 heteroatoms. The van der Waals surface area contributed by atoms with Crippen LogP contribution in [0.1, 0.15) is 43.5 Å². The van der Waals surface area contributed by atoms with Gasteiger partial charge in [0.2, 0.25) is 0 Å². The van der Waals surface area contributed by atoms with Crippen molar-refractivity contribution in [2.45, 2.75) is 38.6 Å². The molecular formula is C18H24N2. The molecule has 0 bridgehead atoms. The first-order valence-electron chi connectivity index (χ1n) is 7.17. The van der Waals surface area contributed by atoms with Gasteiger partial charge in [-0.1, -0.05) is 45.0 Å². The Balaban J connectivity index is 2.13. The molecule has 2 rings (SSSR count). The Morgan fingerprint density at radius 3 is 2.10 bits per heavy atom. The molecule has 0 spiro atoms. The first-order valence-corrected chi connectivity index (χ1v) is 7.17. The van der Waals surface area contributed by atoms with E-state index in [4.69, 9.17) is 0 Å². The summed E-state index contributed by atoms with van der Waals surface area (Å²) in [7, 11) is 2.01. The molecule has 1 heterocycles. The number of hydrogen-bond donors (Lipinski definition) is 1. The fourth-order valence-corrected chi connectivity index (χ4v) is 2.36. The summed E-state index contributed by atoms with van der Waals surface area (Å²) >= 11 is 0. The molecule has 0 aliphatic rings. The molecule has 0 saturated heterocycles. The monoisotopic (exact) mass is 268 g/mol. The molecule has 0 amide bonds. The lowest BCUT2D eigenvalue weighted by Gasteiger charge is -2.20. The van der Waals surface area contributed by atoms with E-state index in [-0.39, 0.29) is 5.41 Å². The summed E-state index contributed by atoms with van der Waals surface area (Å²) in [5, 5.41) is 3.38. The Hall–Kier alpha value is -1.67. The molecule has 0 saturated carbocycles. The second-order valence-corrected chi connectivity index (χ2v) is 6.27. The second kappa shape index (κ2) is 6.19. The van der Waals surface area contributed by atoms with E-state index in [0.29, 0.717) is 6.04 Å². The minimum absolute atomic E-state index is 0.214. The first kappa shape index (κ1) is 14.7. The Morgan fingerprint density at radius 1 is 1.00 bits per heavy atom. The minimum atomic E-state index is 0.214. The van der Waals surface area contributed by atoms with Crippen LogP contribution >= 0.6 is 0 Å². The molecule has 0 radical (unpaired) electrons. The fraction of sp³-hybridized carbons (Fsp3) is 0.389. The number of nitrogens with zero attached hydrogens (tertiary/aromatic N) is 1. The van der Waals surface area contributed by atoms with E-state index in [9.17, 15) is 0 Å². The summed E-state index contributed by atoms with van der Waals surface area (Å²) in [5.41, 5.74) is 4.23. The Kier molecular flexibility index (Phi) is 4.56. The molecule has 0 aliphatic carbocycles. The molecule has 1 aromatic heterocycles. The van der Waals surface area contributed by atoms with E-state index in [2.05, 4.69) is 67.5 Å². The third-order valence-electron chi connectivity index (χ3n) is 3.72. The lowest BCUT2D eigenvalue weighted by atomic mass is 9.86. The number of likely N-dealkylation sites (N-methyl/N-ethyl adjacent to an activating group) is 1. The quantitative estimate of drug-likeness (QED) is 0.910. The lowest BCUT2D eigenvalue weighted by Crippen LogP contribution is -2.19. The molecular weight excluding hydrogens is 244 g/mol. The van der Waals surface area contributed by atoms with Crippen LogP contribution in [-0.2, 0) is 11.8 Å². The van der Waals surface area contributed by atoms with Crippen LogP contribution in [0, 0.1) is 0 Å². The number of aromatic nitrogens is 1. The zero-order chi connectivity index (χ0) is 14.6. The minimum Gasteiger partial charge on any atom is -0.313 e. The third kappa shape index (κ3) is 3.67. The van der Waals surface area contributed by atoms with Crippen LogP contribution in [0.25, 0.3) is 0 Å². The maximum Gasteiger partial charge on any atom is 0.0359 e. The molecule has 2 nitrogen and oxygen atoms in total. The van der Waals surface area contributed by atoms with E-state index in [0.717, 1.165) is 6.42 Å². The maximum atomic E-state index is 4.08. The van der Waals surface area contributed by atoms with Crippen molar-refractivity contribution in [2.75, 3.05) is 7.05 Å². The summed E-state index contributed by atoms with van der Waals surface area (Å²) < 4.78 is 0. The predicted molar refractivity (Wildman–Crippen MR) is 84.9 cm³/mol. The van der Waals surface area contributed by atoms with Gasteiger partial charge in [-0.2, -0.15) is 0 Å². The highest BCUT2D eigenvalue weighted by molar-refractivity contribution is 5.29. The van der Waals surface area contributed by atoms with Gasteiger partial charge >= 0.3 is 0 Å². The average molecular weight is 268 g/mol. The van der Waals surface area contributed by atoms with E-state index in [1.54, 1.807) is 0 Å². The number of hydrogen-bond acceptors (Lipinski definition) is 2. The van der Waals surface area contributed by atoms with Crippen LogP contribution in [-0.4, -0.2) is 12.0 Å². The maximum absolute atomic E-state index is 4.08. The molecule has 0 fully saturated rings. The van der Waals surface area contributed by atoms with Crippen molar-refractivity contribution in [3.8, 4) is 0 Å². The van der Waals surface area contributed by atoms with Gasteiger partial charge < -0.3 is 5.32 Å². The van der Waals surface area contributed by atoms with E-state index >= 15 is 0 Å². The first-order chi connectivity index (χ1) is 9.50. The fourth-order valence-electron chi connectivity index (χ4n) is 2.36. The molecule has 1 unspecified atom stereocenters. The van der Waals surface area contributed by atoms with Crippen molar-refractivity contribution >= 4 is 0 Å². The molecule has 2 aromatic rings. The van der Waals surface area contributed by atoms with Crippen molar-refractivity contribution < 1.29 is 0 Å². The summed E-state index contributed by atoms with van der Waals surface area (Å²) in [6, 6.07) is 13.5. The van der Waals surface area contributed by atoms with Crippen LogP contribution < -0.4 is 5.32 Å². The van der Waals surface area contributed by atoms with Crippen molar-refractivity contribution in [2.24, 2.45) is 0 Å². The molecule has 1 atom stereocenters. The van der Waals surface area contributed by atoms with Gasteiger partial charge in [0.1, 0.15) is 0 Å². The second-order valence-electron chi connectivity index (χ2n) is 6.27. The highest BCUT2D eigenvalue weighted by Crippen LogP contribution is 2.24. The normalized spacial score (nSPS) is 13.2. The largest absolute Gasteiger partial charge is 0.313 e. The number of benzene rings is 1. The van der Waals surface area contributed by atoms with E-state index in [1.165, 1.54) is 16.7 Å². The van der Waals surface area contributed by atoms with Crippen molar-refractivity contribution in [3.63, 3.8) is 0 Å². The van der Waals surface area contributed by atoms with Crippen LogP contribution in [0.15, 0.2) is 48.8 Å². The molecule has 1 N–H and O–H groups in total. The van der Waals surface area contributed by atoms with Gasteiger partial charge in [-0.15, -0.1) is 0 Å². The van der Waals surface area contributed by atoms with Crippen molar-refractivity contribution in [1.29, 1.82) is 0 Å². The Bertz CT molecular complexity index is 524. The van der Waals surface area contributed by atoms with Gasteiger partial charge in [-0.25, -0.2) is 0 Å². The highest BCUT2D eigenvalue weighted by Gasteiger charge is 2.14. The van der Waals surface area contributed by atoms with E-state index in [1.807, 2.05) is 19.4 Å². The van der Waals surface area contributed by atoms with Gasteiger partial charge in [0, 0.05) is 18.4 Å². The zero-order valence-corrected chi connectivity index (χ0v) is 12.9. The van der Waals surface area contributed by atoms with Crippen LogP contribution in [0.5, 0.6) is 0 Å². The van der Waals surface area contributed by atoms with Gasteiger partial charge in [-0.3, -0.25) is 4.98 Å². The van der Waals surface area contributed by atoms with E-state index < -0.39 is 0 Å². The van der Waals surface area contributed by atoms with Crippen LogP contribution in [0.2, 0.25) is 0 Å². The summed E-state index contributed by atoms with van der Waals surface area (Å²) in [4.78, 5) is 4.08. The Labute approximate surface area is 122 Å². The highest BCUT2D eigenvalue weighted by atomic mass is 14.9. The van der Waals surface area contributed by atoms with Crippen LogP contribution in [0.3, 0.4) is 0 Å². The smallest absolute Gasteiger partial charge is 0.0359 e. The van der Waals surface area contributed by atoms with Crippen molar-refractivity contribution in [1.82, 2.24) is 10.3 Å².